The van der Waals surface area contributed by atoms with E-state index in [2.05, 4.69) is 36.1 Å². The Kier molecular flexibility index (Phi) is 2.67. The topological polar surface area (TPSA) is 108 Å². The van der Waals surface area contributed by atoms with Crippen molar-refractivity contribution in [1.82, 2.24) is 29.5 Å². The number of nitrogens with zero attached hydrogens (tertiary/aromatic N) is 6. The maximum absolute atomic E-state index is 9.34. The van der Waals surface area contributed by atoms with Crippen molar-refractivity contribution in [1.29, 1.82) is 0 Å². The first-order valence-corrected chi connectivity index (χ1v) is 6.01. The lowest BCUT2D eigenvalue weighted by Crippen LogP contribution is -2.10. The molecule has 0 radical (unpaired) electrons. The fraction of sp³-hybridized carbons (Fsp3) is 0. The highest BCUT2D eigenvalue weighted by atomic mass is 79.9. The molecule has 3 rings (SSSR count). The average Bonchev–Trinajstić information content (AvgIpc) is 3.03. The molecule has 0 aromatic carbocycles. The van der Waals surface area contributed by atoms with Crippen molar-refractivity contribution in [3.8, 4) is 17.5 Å². The zero-order chi connectivity index (χ0) is 13.4. The van der Waals surface area contributed by atoms with Crippen LogP contribution in [0, 0.1) is 0 Å². The SMILES string of the molecule is Nc1nc(-n2cccn2)nc(-n2cc(O)cn2)c1Br. The van der Waals surface area contributed by atoms with Gasteiger partial charge in [-0.3, -0.25) is 0 Å². The van der Waals surface area contributed by atoms with Crippen molar-refractivity contribution in [2.75, 3.05) is 5.73 Å². The van der Waals surface area contributed by atoms with E-state index in [1.807, 2.05) is 0 Å². The highest BCUT2D eigenvalue weighted by molar-refractivity contribution is 9.10. The molecule has 0 saturated carbocycles. The van der Waals surface area contributed by atoms with Crippen molar-refractivity contribution in [2.24, 2.45) is 0 Å². The number of hydrogen-bond donors (Lipinski definition) is 2. The van der Waals surface area contributed by atoms with E-state index in [4.69, 9.17) is 5.73 Å². The summed E-state index contributed by atoms with van der Waals surface area (Å²) < 4.78 is 3.37. The first kappa shape index (κ1) is 11.7. The predicted molar refractivity (Wildman–Crippen MR) is 70.1 cm³/mol. The second-order valence-electron chi connectivity index (χ2n) is 3.64. The molecule has 0 bridgehead atoms. The molecular formula is C10H8BrN7O. The predicted octanol–water partition coefficient (Wildman–Crippen LogP) is 0.898. The summed E-state index contributed by atoms with van der Waals surface area (Å²) in [6.07, 6.45) is 6.03. The van der Waals surface area contributed by atoms with Crippen molar-refractivity contribution in [3.63, 3.8) is 0 Å². The molecule has 0 saturated heterocycles. The standard InChI is InChI=1S/C10H8BrN7O/c11-7-8(12)15-10(17-3-1-2-13-17)16-9(7)18-5-6(19)4-14-18/h1-5,19H,(H2,12,15,16). The van der Waals surface area contributed by atoms with Gasteiger partial charge in [0.05, 0.1) is 12.4 Å². The van der Waals surface area contributed by atoms with Gasteiger partial charge in [-0.15, -0.1) is 0 Å². The first-order valence-electron chi connectivity index (χ1n) is 5.22. The summed E-state index contributed by atoms with van der Waals surface area (Å²) in [6.45, 7) is 0. The van der Waals surface area contributed by atoms with E-state index in [0.29, 0.717) is 16.2 Å². The number of nitrogen functional groups attached to an aromatic ring is 1. The van der Waals surface area contributed by atoms with Crippen LogP contribution in [0.1, 0.15) is 0 Å². The molecule has 9 heteroatoms. The van der Waals surface area contributed by atoms with Crippen molar-refractivity contribution in [2.45, 2.75) is 0 Å². The van der Waals surface area contributed by atoms with Crippen LogP contribution in [0.2, 0.25) is 0 Å². The number of nitrogens with two attached hydrogens (primary N) is 1. The number of hydrogen-bond acceptors (Lipinski definition) is 6. The summed E-state index contributed by atoms with van der Waals surface area (Å²) in [6, 6.07) is 1.75. The number of halogens is 1. The van der Waals surface area contributed by atoms with Crippen LogP contribution >= 0.6 is 15.9 Å². The Morgan fingerprint density at radius 1 is 1.21 bits per heavy atom. The van der Waals surface area contributed by atoms with Gasteiger partial charge in [-0.25, -0.2) is 9.36 Å². The number of rotatable bonds is 2. The van der Waals surface area contributed by atoms with Gasteiger partial charge < -0.3 is 10.8 Å². The van der Waals surface area contributed by atoms with Crippen LogP contribution in [-0.2, 0) is 0 Å². The van der Waals surface area contributed by atoms with Gasteiger partial charge >= 0.3 is 0 Å². The van der Waals surface area contributed by atoms with Gasteiger partial charge in [-0.1, -0.05) is 0 Å². The summed E-state index contributed by atoms with van der Waals surface area (Å²) in [5, 5.41) is 17.3. The maximum atomic E-state index is 9.34. The minimum absolute atomic E-state index is 0.0322. The van der Waals surface area contributed by atoms with E-state index in [0.717, 1.165) is 0 Å². The Labute approximate surface area is 115 Å². The summed E-state index contributed by atoms with van der Waals surface area (Å²) in [4.78, 5) is 8.44. The van der Waals surface area contributed by atoms with Crippen molar-refractivity contribution in [3.05, 3.63) is 35.3 Å². The van der Waals surface area contributed by atoms with Crippen LogP contribution < -0.4 is 5.73 Å². The molecule has 8 nitrogen and oxygen atoms in total. The molecule has 0 aliphatic heterocycles. The number of anilines is 1. The minimum atomic E-state index is 0.0322. The molecule has 19 heavy (non-hydrogen) atoms. The largest absolute Gasteiger partial charge is 0.505 e. The van der Waals surface area contributed by atoms with E-state index in [1.165, 1.54) is 21.8 Å². The lowest BCUT2D eigenvalue weighted by Gasteiger charge is -2.08. The molecule has 0 aliphatic carbocycles. The van der Waals surface area contributed by atoms with E-state index in [1.54, 1.807) is 18.5 Å². The Bertz CT molecular complexity index is 722. The van der Waals surface area contributed by atoms with Crippen molar-refractivity contribution >= 4 is 21.7 Å². The van der Waals surface area contributed by atoms with Crippen molar-refractivity contribution < 1.29 is 5.11 Å². The van der Waals surface area contributed by atoms with Crippen LogP contribution in [0.4, 0.5) is 5.82 Å². The summed E-state index contributed by atoms with van der Waals surface area (Å²) in [5.74, 6) is 1.02. The summed E-state index contributed by atoms with van der Waals surface area (Å²) in [7, 11) is 0. The van der Waals surface area contributed by atoms with Crippen LogP contribution in [0.15, 0.2) is 35.3 Å². The van der Waals surface area contributed by atoms with E-state index in [-0.39, 0.29) is 11.6 Å². The van der Waals surface area contributed by atoms with Gasteiger partial charge in [0, 0.05) is 12.4 Å². The third-order valence-corrected chi connectivity index (χ3v) is 3.10. The van der Waals surface area contributed by atoms with Gasteiger partial charge in [0.15, 0.2) is 11.6 Å². The number of aromatic nitrogens is 6. The quantitative estimate of drug-likeness (QED) is 0.726. The number of aromatic hydroxyl groups is 1. The normalized spacial score (nSPS) is 10.8. The Balaban J connectivity index is 2.19. The Hall–Kier alpha value is -2.42. The molecule has 0 amide bonds. The third-order valence-electron chi connectivity index (χ3n) is 2.34. The van der Waals surface area contributed by atoms with Gasteiger partial charge in [-0.2, -0.15) is 20.2 Å². The monoisotopic (exact) mass is 321 g/mol. The lowest BCUT2D eigenvalue weighted by atomic mass is 10.5. The van der Waals surface area contributed by atoms with Crippen LogP contribution in [0.5, 0.6) is 5.75 Å². The first-order chi connectivity index (χ1) is 9.15. The second kappa shape index (κ2) is 4.35. The van der Waals surface area contributed by atoms with E-state index in [9.17, 15) is 5.11 Å². The average molecular weight is 322 g/mol. The molecule has 0 fully saturated rings. The second-order valence-corrected chi connectivity index (χ2v) is 4.43. The zero-order valence-electron chi connectivity index (χ0n) is 9.47. The molecule has 0 atom stereocenters. The van der Waals surface area contributed by atoms with Crippen LogP contribution in [0.25, 0.3) is 11.8 Å². The molecule has 96 valence electrons. The Morgan fingerprint density at radius 2 is 2.05 bits per heavy atom. The maximum Gasteiger partial charge on any atom is 0.254 e. The highest BCUT2D eigenvalue weighted by Crippen LogP contribution is 2.25. The van der Waals surface area contributed by atoms with E-state index < -0.39 is 0 Å². The molecule has 3 aromatic rings. The van der Waals surface area contributed by atoms with Gasteiger partial charge in [0.1, 0.15) is 10.3 Å². The molecule has 0 unspecified atom stereocenters. The van der Waals surface area contributed by atoms with Crippen LogP contribution in [0.3, 0.4) is 0 Å². The van der Waals surface area contributed by atoms with Gasteiger partial charge in [0.2, 0.25) is 0 Å². The zero-order valence-corrected chi connectivity index (χ0v) is 11.1. The summed E-state index contributed by atoms with van der Waals surface area (Å²) in [5.41, 5.74) is 5.83. The fourth-order valence-electron chi connectivity index (χ4n) is 1.51. The fourth-order valence-corrected chi connectivity index (χ4v) is 1.87. The third kappa shape index (κ3) is 2.03. The molecule has 3 N–H and O–H groups in total. The lowest BCUT2D eigenvalue weighted by molar-refractivity contribution is 0.475. The minimum Gasteiger partial charge on any atom is -0.505 e. The molecular weight excluding hydrogens is 314 g/mol. The Morgan fingerprint density at radius 3 is 2.68 bits per heavy atom. The van der Waals surface area contributed by atoms with Gasteiger partial charge in [-0.05, 0) is 22.0 Å². The molecule has 3 aromatic heterocycles. The van der Waals surface area contributed by atoms with Gasteiger partial charge in [0.25, 0.3) is 5.95 Å². The highest BCUT2D eigenvalue weighted by Gasteiger charge is 2.14. The van der Waals surface area contributed by atoms with E-state index >= 15 is 0 Å². The smallest absolute Gasteiger partial charge is 0.254 e. The van der Waals surface area contributed by atoms with Crippen LogP contribution in [-0.4, -0.2) is 34.6 Å². The molecule has 0 spiro atoms. The molecule has 3 heterocycles. The summed E-state index contributed by atoms with van der Waals surface area (Å²) >= 11 is 3.30. The molecule has 0 aliphatic rings.